The third-order valence-corrected chi connectivity index (χ3v) is 4.21. The SMILES string of the molecule is c1ccc2c(c1)ccc1[nH]c3cc4ccnc4cc3cc12. The van der Waals surface area contributed by atoms with Crippen LogP contribution in [0.3, 0.4) is 0 Å². The van der Waals surface area contributed by atoms with Gasteiger partial charge in [0.1, 0.15) is 0 Å². The molecule has 21 heavy (non-hydrogen) atoms. The lowest BCUT2D eigenvalue weighted by Crippen LogP contribution is -1.84. The third kappa shape index (κ3) is 1.50. The van der Waals surface area contributed by atoms with E-state index in [-0.39, 0.29) is 0 Å². The molecule has 1 N–H and O–H groups in total. The molecule has 3 aromatic carbocycles. The summed E-state index contributed by atoms with van der Waals surface area (Å²) < 4.78 is 0. The second kappa shape index (κ2) is 3.83. The third-order valence-electron chi connectivity index (χ3n) is 4.21. The van der Waals surface area contributed by atoms with Crippen molar-refractivity contribution in [1.29, 1.82) is 0 Å². The summed E-state index contributed by atoms with van der Waals surface area (Å²) in [6.07, 6.45) is 1.86. The topological polar surface area (TPSA) is 28.7 Å². The van der Waals surface area contributed by atoms with Crippen molar-refractivity contribution >= 4 is 43.5 Å². The van der Waals surface area contributed by atoms with Crippen molar-refractivity contribution in [1.82, 2.24) is 9.97 Å². The Morgan fingerprint density at radius 1 is 0.667 bits per heavy atom. The minimum atomic E-state index is 1.05. The summed E-state index contributed by atoms with van der Waals surface area (Å²) in [7, 11) is 0. The first-order chi connectivity index (χ1) is 10.4. The molecule has 2 heteroatoms. The monoisotopic (exact) mass is 268 g/mol. The number of hydrogen-bond donors (Lipinski definition) is 1. The molecule has 0 aliphatic carbocycles. The molecule has 0 radical (unpaired) electrons. The summed E-state index contributed by atoms with van der Waals surface area (Å²) in [5.74, 6) is 0. The van der Waals surface area contributed by atoms with Gasteiger partial charge in [-0.2, -0.15) is 0 Å². The molecule has 98 valence electrons. The van der Waals surface area contributed by atoms with Crippen LogP contribution in [-0.4, -0.2) is 9.97 Å². The first-order valence-corrected chi connectivity index (χ1v) is 7.07. The summed E-state index contributed by atoms with van der Waals surface area (Å²) in [5.41, 5.74) is 3.37. The van der Waals surface area contributed by atoms with Gasteiger partial charge >= 0.3 is 0 Å². The number of pyridine rings is 1. The van der Waals surface area contributed by atoms with Gasteiger partial charge < -0.3 is 4.98 Å². The van der Waals surface area contributed by atoms with Crippen molar-refractivity contribution in [2.24, 2.45) is 0 Å². The molecule has 0 saturated carbocycles. The molecule has 0 atom stereocenters. The number of rotatable bonds is 0. The molecular formula is C19H12N2. The van der Waals surface area contributed by atoms with Gasteiger partial charge in [0, 0.05) is 33.4 Å². The number of fused-ring (bicyclic) bond motifs is 5. The highest BCUT2D eigenvalue weighted by Gasteiger charge is 2.05. The van der Waals surface area contributed by atoms with Crippen molar-refractivity contribution < 1.29 is 0 Å². The van der Waals surface area contributed by atoms with E-state index >= 15 is 0 Å². The highest BCUT2D eigenvalue weighted by Crippen LogP contribution is 2.29. The Bertz CT molecular complexity index is 1140. The molecule has 0 aliphatic rings. The predicted molar refractivity (Wildman–Crippen MR) is 88.6 cm³/mol. The highest BCUT2D eigenvalue weighted by atomic mass is 14.7. The van der Waals surface area contributed by atoms with Crippen LogP contribution in [0, 0.1) is 0 Å². The Morgan fingerprint density at radius 3 is 2.62 bits per heavy atom. The first kappa shape index (κ1) is 10.9. The minimum Gasteiger partial charge on any atom is -0.355 e. The standard InChI is InChI=1S/C19H12N2/c1-2-4-15-12(3-1)5-6-17-16(15)9-14-11-18-13(7-8-20-18)10-19(14)21-17/h1-11,21H. The van der Waals surface area contributed by atoms with Gasteiger partial charge in [-0.05, 0) is 41.1 Å². The quantitative estimate of drug-likeness (QED) is 0.310. The van der Waals surface area contributed by atoms with Crippen LogP contribution >= 0.6 is 0 Å². The van der Waals surface area contributed by atoms with Crippen LogP contribution in [0.5, 0.6) is 0 Å². The largest absolute Gasteiger partial charge is 0.355 e. The number of H-pyrrole nitrogens is 1. The zero-order valence-electron chi connectivity index (χ0n) is 11.3. The summed E-state index contributed by atoms with van der Waals surface area (Å²) in [6, 6.07) is 21.5. The minimum absolute atomic E-state index is 1.05. The summed E-state index contributed by atoms with van der Waals surface area (Å²) in [4.78, 5) is 7.95. The second-order valence-corrected chi connectivity index (χ2v) is 5.46. The van der Waals surface area contributed by atoms with Crippen LogP contribution in [0.4, 0.5) is 0 Å². The Balaban J connectivity index is 2.01. The molecule has 0 unspecified atom stereocenters. The van der Waals surface area contributed by atoms with Crippen LogP contribution in [0.15, 0.2) is 66.9 Å². The zero-order chi connectivity index (χ0) is 13.8. The highest BCUT2D eigenvalue weighted by molar-refractivity contribution is 6.10. The van der Waals surface area contributed by atoms with E-state index in [4.69, 9.17) is 0 Å². The molecular weight excluding hydrogens is 256 g/mol. The summed E-state index contributed by atoms with van der Waals surface area (Å²) in [6.45, 7) is 0. The van der Waals surface area contributed by atoms with Gasteiger partial charge in [0.25, 0.3) is 0 Å². The molecule has 2 aromatic heterocycles. The molecule has 0 aliphatic heterocycles. The van der Waals surface area contributed by atoms with E-state index < -0.39 is 0 Å². The van der Waals surface area contributed by atoms with Crippen molar-refractivity contribution in [3.8, 4) is 0 Å². The molecule has 5 rings (SSSR count). The maximum atomic E-state index is 4.40. The normalized spacial score (nSPS) is 11.8. The van der Waals surface area contributed by atoms with Crippen LogP contribution in [0.1, 0.15) is 0 Å². The molecule has 0 saturated heterocycles. The van der Waals surface area contributed by atoms with Gasteiger partial charge in [-0.3, -0.25) is 4.98 Å². The summed E-state index contributed by atoms with van der Waals surface area (Å²) in [5, 5.41) is 6.18. The lowest BCUT2D eigenvalue weighted by Gasteiger charge is -2.07. The zero-order valence-corrected chi connectivity index (χ0v) is 11.3. The van der Waals surface area contributed by atoms with Gasteiger partial charge in [-0.25, -0.2) is 0 Å². The molecule has 0 bridgehead atoms. The fourth-order valence-electron chi connectivity index (χ4n) is 3.15. The summed E-state index contributed by atoms with van der Waals surface area (Å²) >= 11 is 0. The van der Waals surface area contributed by atoms with E-state index in [2.05, 4.69) is 64.6 Å². The van der Waals surface area contributed by atoms with Crippen LogP contribution in [0.25, 0.3) is 43.5 Å². The Morgan fingerprint density at radius 2 is 1.62 bits per heavy atom. The Labute approximate surface area is 121 Å². The van der Waals surface area contributed by atoms with E-state index in [1.807, 2.05) is 12.3 Å². The number of nitrogens with zero attached hydrogens (tertiary/aromatic N) is 1. The van der Waals surface area contributed by atoms with Crippen LogP contribution in [-0.2, 0) is 0 Å². The predicted octanol–water partition coefficient (Wildman–Crippen LogP) is 5.02. The molecule has 5 aromatic rings. The van der Waals surface area contributed by atoms with E-state index in [9.17, 15) is 0 Å². The smallest absolute Gasteiger partial charge is 0.0710 e. The number of aromatic nitrogens is 2. The fourth-order valence-corrected chi connectivity index (χ4v) is 3.15. The van der Waals surface area contributed by atoms with Crippen molar-refractivity contribution in [2.75, 3.05) is 0 Å². The van der Waals surface area contributed by atoms with Gasteiger partial charge in [-0.15, -0.1) is 0 Å². The number of aromatic amines is 1. The van der Waals surface area contributed by atoms with Crippen molar-refractivity contribution in [3.05, 3.63) is 66.9 Å². The van der Waals surface area contributed by atoms with Crippen LogP contribution < -0.4 is 0 Å². The maximum absolute atomic E-state index is 4.40. The average Bonchev–Trinajstić information content (AvgIpc) is 2.97. The Hall–Kier alpha value is -2.87. The molecule has 2 heterocycles. The fraction of sp³-hybridized carbons (Fsp3) is 0. The Kier molecular flexibility index (Phi) is 1.98. The van der Waals surface area contributed by atoms with E-state index in [0.717, 1.165) is 11.0 Å². The van der Waals surface area contributed by atoms with E-state index in [0.29, 0.717) is 0 Å². The van der Waals surface area contributed by atoms with Crippen LogP contribution in [0.2, 0.25) is 0 Å². The molecule has 2 nitrogen and oxygen atoms in total. The van der Waals surface area contributed by atoms with Gasteiger partial charge in [-0.1, -0.05) is 30.3 Å². The number of hydrogen-bond acceptors (Lipinski definition) is 1. The lowest BCUT2D eigenvalue weighted by atomic mass is 10.0. The van der Waals surface area contributed by atoms with Gasteiger partial charge in [0.05, 0.1) is 5.52 Å². The van der Waals surface area contributed by atoms with Gasteiger partial charge in [0.15, 0.2) is 0 Å². The number of nitrogens with one attached hydrogen (secondary N) is 1. The first-order valence-electron chi connectivity index (χ1n) is 7.07. The maximum Gasteiger partial charge on any atom is 0.0710 e. The van der Waals surface area contributed by atoms with E-state index in [1.165, 1.54) is 32.4 Å². The molecule has 0 spiro atoms. The van der Waals surface area contributed by atoms with E-state index in [1.54, 1.807) is 0 Å². The second-order valence-electron chi connectivity index (χ2n) is 5.46. The van der Waals surface area contributed by atoms with Crippen molar-refractivity contribution in [2.45, 2.75) is 0 Å². The lowest BCUT2D eigenvalue weighted by molar-refractivity contribution is 1.48. The average molecular weight is 268 g/mol. The number of benzene rings is 3. The molecule has 0 amide bonds. The van der Waals surface area contributed by atoms with Crippen molar-refractivity contribution in [3.63, 3.8) is 0 Å². The molecule has 0 fully saturated rings. The van der Waals surface area contributed by atoms with Gasteiger partial charge in [0.2, 0.25) is 0 Å².